The van der Waals surface area contributed by atoms with E-state index >= 15 is 0 Å². The molecular formula is C38H44ClN5O5S. The summed E-state index contributed by atoms with van der Waals surface area (Å²) < 4.78 is 33.8. The second kappa shape index (κ2) is 14.4. The molecule has 12 heteroatoms. The molecule has 6 atom stereocenters. The lowest BCUT2D eigenvalue weighted by Gasteiger charge is -2.46. The number of carbonyl (C=O) groups excluding carboxylic acids is 2. The third-order valence-electron chi connectivity index (χ3n) is 10.7. The summed E-state index contributed by atoms with van der Waals surface area (Å²) in [4.78, 5) is 33.5. The Bertz CT molecular complexity index is 1910. The van der Waals surface area contributed by atoms with Crippen LogP contribution < -0.4 is 19.7 Å². The first kappa shape index (κ1) is 34.5. The number of nitrogens with one attached hydrogen (secondary N) is 2. The topological polar surface area (TPSA) is 122 Å². The molecule has 264 valence electrons. The molecule has 0 radical (unpaired) electrons. The molecule has 3 heterocycles. The van der Waals surface area contributed by atoms with E-state index < -0.39 is 21.9 Å². The summed E-state index contributed by atoms with van der Waals surface area (Å²) in [7, 11) is -1.79. The summed E-state index contributed by atoms with van der Waals surface area (Å²) in [6.07, 6.45) is 11.4. The third-order valence-corrected chi connectivity index (χ3v) is 12.9. The van der Waals surface area contributed by atoms with Crippen LogP contribution in [0.1, 0.15) is 60.5 Å². The molecule has 50 heavy (non-hydrogen) atoms. The molecule has 0 saturated heterocycles. The van der Waals surface area contributed by atoms with E-state index in [4.69, 9.17) is 21.1 Å². The number of aryl methyl sites for hydroxylation is 1. The Kier molecular flexibility index (Phi) is 9.91. The molecule has 2 bridgehead atoms. The fraction of sp³-hybridized carbons (Fsp3) is 0.447. The highest BCUT2D eigenvalue weighted by Crippen LogP contribution is 2.47. The van der Waals surface area contributed by atoms with Gasteiger partial charge in [-0.1, -0.05) is 42.8 Å². The lowest BCUT2D eigenvalue weighted by molar-refractivity contribution is 0.0131. The van der Waals surface area contributed by atoms with Crippen molar-refractivity contribution in [2.75, 3.05) is 42.8 Å². The predicted molar refractivity (Wildman–Crippen MR) is 196 cm³/mol. The zero-order valence-electron chi connectivity index (χ0n) is 28.5. The smallest absolute Gasteiger partial charge is 0.332 e. The molecule has 1 fully saturated rings. The zero-order chi connectivity index (χ0) is 34.9. The number of anilines is 2. The molecule has 1 saturated carbocycles. The fourth-order valence-corrected chi connectivity index (χ4v) is 10.1. The Labute approximate surface area is 299 Å². The first-order valence-electron chi connectivity index (χ1n) is 17.4. The Morgan fingerprint density at radius 1 is 1.16 bits per heavy atom. The van der Waals surface area contributed by atoms with Crippen molar-refractivity contribution in [3.05, 3.63) is 94.7 Å². The first-order valence-corrected chi connectivity index (χ1v) is 19.5. The summed E-state index contributed by atoms with van der Waals surface area (Å²) in [6.45, 7) is 3.92. The maximum atomic E-state index is 14.4. The van der Waals surface area contributed by atoms with Crippen LogP contribution in [0.4, 0.5) is 16.3 Å². The number of urea groups is 1. The minimum absolute atomic E-state index is 0.0193. The quantitative estimate of drug-likeness (QED) is 0.275. The van der Waals surface area contributed by atoms with Crippen molar-refractivity contribution in [1.82, 2.24) is 9.71 Å². The van der Waals surface area contributed by atoms with Gasteiger partial charge in [0.2, 0.25) is 0 Å². The number of halogens is 1. The number of carbonyl (C=O) groups is 2. The minimum Gasteiger partial charge on any atom is -0.490 e. The highest BCUT2D eigenvalue weighted by Gasteiger charge is 2.44. The van der Waals surface area contributed by atoms with Gasteiger partial charge in [0.05, 0.1) is 24.2 Å². The highest BCUT2D eigenvalue weighted by molar-refractivity contribution is 7.92. The van der Waals surface area contributed by atoms with E-state index in [1.165, 1.54) is 11.1 Å². The number of allylic oxidation sites excluding steroid dienone is 1. The normalized spacial score (nSPS) is 30.0. The third kappa shape index (κ3) is 7.27. The monoisotopic (exact) mass is 717 g/mol. The van der Waals surface area contributed by atoms with Crippen LogP contribution in [0.2, 0.25) is 5.02 Å². The number of fused-ring (bicyclic) bond motifs is 4. The van der Waals surface area contributed by atoms with Crippen molar-refractivity contribution in [2.45, 2.75) is 57.0 Å². The number of methoxy groups -OCH3 is 1. The van der Waals surface area contributed by atoms with Crippen LogP contribution in [-0.2, 0) is 26.5 Å². The highest BCUT2D eigenvalue weighted by atomic mass is 35.5. The van der Waals surface area contributed by atoms with Crippen LogP contribution in [0, 0.1) is 17.8 Å². The maximum Gasteiger partial charge on any atom is 0.332 e. The van der Waals surface area contributed by atoms with Crippen molar-refractivity contribution < 1.29 is 23.3 Å². The van der Waals surface area contributed by atoms with Crippen LogP contribution in [0.15, 0.2) is 77.3 Å². The minimum atomic E-state index is -3.55. The van der Waals surface area contributed by atoms with Gasteiger partial charge in [0.25, 0.3) is 5.91 Å². The van der Waals surface area contributed by atoms with E-state index in [1.807, 2.05) is 25.1 Å². The second-order valence-electron chi connectivity index (χ2n) is 14.2. The van der Waals surface area contributed by atoms with Crippen LogP contribution in [-0.4, -0.2) is 59.8 Å². The number of ether oxygens (including phenoxy) is 2. The van der Waals surface area contributed by atoms with Gasteiger partial charge in [-0.25, -0.2) is 18.7 Å². The molecule has 1 spiro atoms. The van der Waals surface area contributed by atoms with E-state index in [-0.39, 0.29) is 34.6 Å². The van der Waals surface area contributed by atoms with Gasteiger partial charge in [0.15, 0.2) is 0 Å². The van der Waals surface area contributed by atoms with E-state index in [0.29, 0.717) is 37.2 Å². The zero-order valence-corrected chi connectivity index (χ0v) is 30.1. The molecule has 10 nitrogen and oxygen atoms in total. The standard InChI is InChI=1S/C38H44ClN5O5S/c1-25-7-5-9-33(48-2)30-14-11-28(30)21-44-23-38(17-6-8-26-19-29(39)13-15-31(26)38)24-49-34-16-12-27(20-32(34)44)36(45)42-50(47,22-25)43-37(46)41-35-10-3-4-18-40-35/h3-5,9-10,12-13,15-16,18-20,25,28,30,33H,6-8,11,14,17,21-24H2,1-2H3,(H2,40,41,42,43,45,46,47)/b9-5+/t25-,28-,30+,33-,38-,50-/m0/s1. The molecule has 3 aromatic rings. The lowest BCUT2D eigenvalue weighted by Crippen LogP contribution is -2.49. The number of pyridine rings is 1. The summed E-state index contributed by atoms with van der Waals surface area (Å²) in [5.41, 5.74) is 3.36. The van der Waals surface area contributed by atoms with Crippen molar-refractivity contribution in [1.29, 1.82) is 0 Å². The SMILES string of the molecule is CO[C@H]1/C=C/C[C@H](C)C[S@@](=O)(NC(=O)Nc2ccccn2)=NC(=O)c2ccc3c(c2)N(C[C@@H]2CC[C@H]21)C[C@@]1(CCCc2cc(Cl)ccc21)CO3. The number of rotatable bonds is 3. The molecule has 2 aliphatic heterocycles. The van der Waals surface area contributed by atoms with Gasteiger partial charge < -0.3 is 14.4 Å². The lowest BCUT2D eigenvalue weighted by atomic mass is 9.68. The van der Waals surface area contributed by atoms with Gasteiger partial charge >= 0.3 is 6.03 Å². The Morgan fingerprint density at radius 3 is 2.82 bits per heavy atom. The average molecular weight is 718 g/mol. The predicted octanol–water partition coefficient (Wildman–Crippen LogP) is 7.19. The molecule has 7 rings (SSSR count). The van der Waals surface area contributed by atoms with Gasteiger partial charge in [0.1, 0.15) is 21.5 Å². The largest absolute Gasteiger partial charge is 0.490 e. The van der Waals surface area contributed by atoms with Crippen LogP contribution in [0.3, 0.4) is 0 Å². The molecule has 2 aliphatic carbocycles. The van der Waals surface area contributed by atoms with E-state index in [2.05, 4.69) is 48.6 Å². The fourth-order valence-electron chi connectivity index (χ4n) is 8.09. The van der Waals surface area contributed by atoms with Gasteiger partial charge in [-0.3, -0.25) is 10.1 Å². The van der Waals surface area contributed by atoms with E-state index in [0.717, 1.165) is 49.4 Å². The van der Waals surface area contributed by atoms with E-state index in [9.17, 15) is 13.8 Å². The second-order valence-corrected chi connectivity index (χ2v) is 16.7. The Hall–Kier alpha value is -3.93. The van der Waals surface area contributed by atoms with E-state index in [1.54, 1.807) is 37.6 Å². The first-order chi connectivity index (χ1) is 24.1. The number of hydrogen-bond donors (Lipinski definition) is 2. The summed E-state index contributed by atoms with van der Waals surface area (Å²) >= 11 is 6.45. The van der Waals surface area contributed by atoms with Gasteiger partial charge in [0, 0.05) is 42.4 Å². The van der Waals surface area contributed by atoms with Crippen LogP contribution in [0.25, 0.3) is 0 Å². The molecule has 2 aromatic carbocycles. The molecule has 1 aromatic heterocycles. The summed E-state index contributed by atoms with van der Waals surface area (Å²) in [6, 6.07) is 15.9. The van der Waals surface area contributed by atoms with Gasteiger partial charge in [-0.05, 0) is 110 Å². The molecule has 0 unspecified atom stereocenters. The molecule has 3 amide bonds. The van der Waals surface area contributed by atoms with Crippen molar-refractivity contribution >= 4 is 45.0 Å². The Morgan fingerprint density at radius 2 is 2.04 bits per heavy atom. The van der Waals surface area contributed by atoms with Gasteiger partial charge in [-0.15, -0.1) is 4.36 Å². The summed E-state index contributed by atoms with van der Waals surface area (Å²) in [5, 5.41) is 3.34. The number of amides is 3. The number of aromatic nitrogens is 1. The maximum absolute atomic E-state index is 14.4. The Balaban J connectivity index is 1.28. The van der Waals surface area contributed by atoms with Crippen molar-refractivity contribution in [2.24, 2.45) is 22.1 Å². The number of hydrogen-bond acceptors (Lipinski definition) is 7. The molecule has 4 aliphatic rings. The molecule has 2 N–H and O–H groups in total. The molecular weight excluding hydrogens is 674 g/mol. The van der Waals surface area contributed by atoms with Crippen LogP contribution in [0.5, 0.6) is 5.75 Å². The number of benzene rings is 2. The summed E-state index contributed by atoms with van der Waals surface area (Å²) in [5.74, 6) is 0.862. The number of nitrogens with zero attached hydrogens (tertiary/aromatic N) is 3. The van der Waals surface area contributed by atoms with Crippen LogP contribution >= 0.6 is 11.6 Å². The van der Waals surface area contributed by atoms with Crippen molar-refractivity contribution in [3.8, 4) is 5.75 Å². The average Bonchev–Trinajstić information content (AvgIpc) is 3.22. The van der Waals surface area contributed by atoms with Gasteiger partial charge in [-0.2, -0.15) is 0 Å². The van der Waals surface area contributed by atoms with Crippen molar-refractivity contribution in [3.63, 3.8) is 0 Å².